The first-order valence-electron chi connectivity index (χ1n) is 10.2. The number of carbonyl (C=O) groups excluding carboxylic acids is 3. The van der Waals surface area contributed by atoms with Crippen molar-refractivity contribution in [3.05, 3.63) is 0 Å². The molecule has 0 saturated heterocycles. The summed E-state index contributed by atoms with van der Waals surface area (Å²) in [6, 6.07) is -3.59. The molecule has 0 aliphatic heterocycles. The minimum atomic E-state index is -1.12. The van der Waals surface area contributed by atoms with Gasteiger partial charge in [-0.05, 0) is 31.1 Å². The minimum Gasteiger partial charge on any atom is -0.480 e. The van der Waals surface area contributed by atoms with Gasteiger partial charge in [0.25, 0.3) is 0 Å². The third-order valence-electron chi connectivity index (χ3n) is 4.78. The fourth-order valence-corrected chi connectivity index (χ4v) is 2.72. The van der Waals surface area contributed by atoms with Crippen molar-refractivity contribution >= 4 is 23.7 Å². The van der Waals surface area contributed by atoms with Gasteiger partial charge >= 0.3 is 5.97 Å². The van der Waals surface area contributed by atoms with Gasteiger partial charge in [-0.25, -0.2) is 4.79 Å². The highest BCUT2D eigenvalue weighted by Crippen LogP contribution is 2.12. The molecule has 0 bridgehead atoms. The Kier molecular flexibility index (Phi) is 11.5. The highest BCUT2D eigenvalue weighted by Gasteiger charge is 2.33. The maximum absolute atomic E-state index is 12.8. The Morgan fingerprint density at radius 3 is 1.69 bits per heavy atom. The zero-order valence-corrected chi connectivity index (χ0v) is 18.6. The van der Waals surface area contributed by atoms with Crippen LogP contribution in [0.4, 0.5) is 0 Å². The molecular weight excluding hydrogens is 376 g/mol. The van der Waals surface area contributed by atoms with Crippen LogP contribution in [0.3, 0.4) is 0 Å². The van der Waals surface area contributed by atoms with E-state index >= 15 is 0 Å². The highest BCUT2D eigenvalue weighted by molar-refractivity contribution is 5.94. The van der Waals surface area contributed by atoms with Gasteiger partial charge in [0.2, 0.25) is 17.7 Å². The standard InChI is InChI=1S/C20H38N4O5/c1-8-12(6)16(19(27)22-14(20(28)29)9-10(2)3)24-18(26)15(11(4)5)23-17(25)13(7)21/h10-16H,8-9,21H2,1-7H3,(H,22,27)(H,23,25)(H,24,26)(H,28,29)/t12-,13-,14-,15-,16-/m0/s1. The Bertz CT molecular complexity index is 577. The first-order valence-corrected chi connectivity index (χ1v) is 10.2. The number of amides is 3. The summed E-state index contributed by atoms with van der Waals surface area (Å²) < 4.78 is 0. The zero-order chi connectivity index (χ0) is 22.9. The summed E-state index contributed by atoms with van der Waals surface area (Å²) in [6.07, 6.45) is 0.875. The van der Waals surface area contributed by atoms with Gasteiger partial charge in [0, 0.05) is 0 Å². The van der Waals surface area contributed by atoms with Gasteiger partial charge in [0.15, 0.2) is 0 Å². The van der Waals surface area contributed by atoms with Crippen molar-refractivity contribution in [1.82, 2.24) is 16.0 Å². The maximum Gasteiger partial charge on any atom is 0.326 e. The fraction of sp³-hybridized carbons (Fsp3) is 0.800. The lowest BCUT2D eigenvalue weighted by Crippen LogP contribution is -2.59. The van der Waals surface area contributed by atoms with E-state index in [2.05, 4.69) is 16.0 Å². The van der Waals surface area contributed by atoms with E-state index in [4.69, 9.17) is 5.73 Å². The molecule has 0 unspecified atom stereocenters. The van der Waals surface area contributed by atoms with Crippen LogP contribution >= 0.6 is 0 Å². The largest absolute Gasteiger partial charge is 0.480 e. The Hall–Kier alpha value is -2.16. The Morgan fingerprint density at radius 1 is 0.828 bits per heavy atom. The number of carboxylic acid groups (broad SMARTS) is 1. The molecule has 0 aromatic carbocycles. The Morgan fingerprint density at radius 2 is 1.31 bits per heavy atom. The van der Waals surface area contributed by atoms with Gasteiger partial charge in [0.05, 0.1) is 6.04 Å². The van der Waals surface area contributed by atoms with Crippen molar-refractivity contribution in [2.75, 3.05) is 0 Å². The third-order valence-corrected chi connectivity index (χ3v) is 4.78. The molecule has 6 N–H and O–H groups in total. The van der Waals surface area contributed by atoms with Crippen molar-refractivity contribution in [3.63, 3.8) is 0 Å². The summed E-state index contributed by atoms with van der Waals surface area (Å²) in [5, 5.41) is 17.2. The predicted molar refractivity (Wildman–Crippen MR) is 111 cm³/mol. The van der Waals surface area contributed by atoms with E-state index in [1.807, 2.05) is 20.8 Å². The number of carbonyl (C=O) groups is 4. The van der Waals surface area contributed by atoms with Crippen LogP contribution in [0.25, 0.3) is 0 Å². The van der Waals surface area contributed by atoms with E-state index in [1.54, 1.807) is 20.8 Å². The number of rotatable bonds is 12. The fourth-order valence-electron chi connectivity index (χ4n) is 2.72. The quantitative estimate of drug-likeness (QED) is 0.316. The number of carboxylic acids is 1. The summed E-state index contributed by atoms with van der Waals surface area (Å²) in [7, 11) is 0. The SMILES string of the molecule is CC[C@H](C)[C@H](NC(=O)[C@@H](NC(=O)[C@H](C)N)C(C)C)C(=O)N[C@@H](CC(C)C)C(=O)O. The number of aliphatic carboxylic acids is 1. The molecule has 3 amide bonds. The van der Waals surface area contributed by atoms with E-state index in [0.717, 1.165) is 0 Å². The van der Waals surface area contributed by atoms with Crippen molar-refractivity contribution < 1.29 is 24.3 Å². The number of hydrogen-bond acceptors (Lipinski definition) is 5. The first kappa shape index (κ1) is 26.8. The molecule has 0 aliphatic rings. The number of hydrogen-bond donors (Lipinski definition) is 5. The molecule has 0 saturated carbocycles. The second-order valence-corrected chi connectivity index (χ2v) is 8.42. The van der Waals surface area contributed by atoms with Gasteiger partial charge in [-0.3, -0.25) is 14.4 Å². The molecule has 5 atom stereocenters. The number of nitrogens with one attached hydrogen (secondary N) is 3. The van der Waals surface area contributed by atoms with Crippen molar-refractivity contribution in [2.24, 2.45) is 23.5 Å². The molecule has 9 heteroatoms. The van der Waals surface area contributed by atoms with Gasteiger partial charge in [-0.2, -0.15) is 0 Å². The zero-order valence-electron chi connectivity index (χ0n) is 18.6. The van der Waals surface area contributed by atoms with Crippen LogP contribution < -0.4 is 21.7 Å². The van der Waals surface area contributed by atoms with Gasteiger partial charge in [-0.1, -0.05) is 48.0 Å². The monoisotopic (exact) mass is 414 g/mol. The summed E-state index contributed by atoms with van der Waals surface area (Å²) in [4.78, 5) is 49.0. The van der Waals surface area contributed by atoms with Crippen LogP contribution in [0, 0.1) is 17.8 Å². The second kappa shape index (κ2) is 12.4. The van der Waals surface area contributed by atoms with E-state index in [-0.39, 0.29) is 24.2 Å². The molecule has 0 heterocycles. The van der Waals surface area contributed by atoms with Crippen LogP contribution in [-0.2, 0) is 19.2 Å². The van der Waals surface area contributed by atoms with E-state index in [1.165, 1.54) is 6.92 Å². The summed E-state index contributed by atoms with van der Waals surface area (Å²) in [5.41, 5.74) is 5.56. The normalized spacial score (nSPS) is 16.5. The molecule has 0 radical (unpaired) electrons. The highest BCUT2D eigenvalue weighted by atomic mass is 16.4. The Labute approximate surface area is 173 Å². The van der Waals surface area contributed by atoms with Crippen LogP contribution in [0.15, 0.2) is 0 Å². The molecular formula is C20H38N4O5. The summed E-state index contributed by atoms with van der Waals surface area (Å²) in [6.45, 7) is 12.5. The second-order valence-electron chi connectivity index (χ2n) is 8.42. The lowest BCUT2D eigenvalue weighted by Gasteiger charge is -2.29. The van der Waals surface area contributed by atoms with Crippen LogP contribution in [0.1, 0.15) is 61.3 Å². The molecule has 9 nitrogen and oxygen atoms in total. The average Bonchev–Trinajstić information content (AvgIpc) is 2.61. The minimum absolute atomic E-state index is 0.0758. The van der Waals surface area contributed by atoms with Crippen LogP contribution in [-0.4, -0.2) is 53.0 Å². The molecule has 168 valence electrons. The topological polar surface area (TPSA) is 151 Å². The van der Waals surface area contributed by atoms with Gasteiger partial charge in [-0.15, -0.1) is 0 Å². The molecule has 0 aromatic rings. The summed E-state index contributed by atoms with van der Waals surface area (Å²) >= 11 is 0. The van der Waals surface area contributed by atoms with Gasteiger partial charge in [0.1, 0.15) is 18.1 Å². The van der Waals surface area contributed by atoms with Crippen LogP contribution in [0.5, 0.6) is 0 Å². The molecule has 29 heavy (non-hydrogen) atoms. The third kappa shape index (κ3) is 9.25. The first-order chi connectivity index (χ1) is 13.3. The molecule has 0 aromatic heterocycles. The molecule has 0 fully saturated rings. The van der Waals surface area contributed by atoms with Crippen LogP contribution in [0.2, 0.25) is 0 Å². The number of nitrogens with two attached hydrogens (primary N) is 1. The molecule has 0 rings (SSSR count). The van der Waals surface area contributed by atoms with E-state index in [0.29, 0.717) is 6.42 Å². The average molecular weight is 415 g/mol. The van der Waals surface area contributed by atoms with Crippen molar-refractivity contribution in [2.45, 2.75) is 85.5 Å². The van der Waals surface area contributed by atoms with Crippen molar-refractivity contribution in [3.8, 4) is 0 Å². The Balaban J connectivity index is 5.44. The molecule has 0 aliphatic carbocycles. The maximum atomic E-state index is 12.8. The smallest absolute Gasteiger partial charge is 0.326 e. The molecule has 0 spiro atoms. The lowest BCUT2D eigenvalue weighted by atomic mass is 9.95. The lowest BCUT2D eigenvalue weighted by molar-refractivity contribution is -0.143. The predicted octanol–water partition coefficient (Wildman–Crippen LogP) is 0.621. The van der Waals surface area contributed by atoms with Crippen molar-refractivity contribution in [1.29, 1.82) is 0 Å². The van der Waals surface area contributed by atoms with Gasteiger partial charge < -0.3 is 26.8 Å². The summed E-state index contributed by atoms with van der Waals surface area (Å²) in [5.74, 6) is -3.04. The van der Waals surface area contributed by atoms with E-state index < -0.39 is 47.9 Å². The van der Waals surface area contributed by atoms with E-state index in [9.17, 15) is 24.3 Å².